The number of rotatable bonds is 1. The first-order valence-corrected chi connectivity index (χ1v) is 6.21. The van der Waals surface area contributed by atoms with Crippen LogP contribution >= 0.6 is 0 Å². The summed E-state index contributed by atoms with van der Waals surface area (Å²) in [6.07, 6.45) is 2.30. The number of fused-ring (bicyclic) bond motifs is 1. The average Bonchev–Trinajstić information content (AvgIpc) is 2.66. The van der Waals surface area contributed by atoms with Crippen molar-refractivity contribution in [1.82, 2.24) is 5.32 Å². The molecule has 3 rings (SSSR count). The van der Waals surface area contributed by atoms with Crippen LogP contribution in [0.25, 0.3) is 0 Å². The Bertz CT molecular complexity index is 499. The van der Waals surface area contributed by atoms with Crippen LogP contribution in [-0.2, 0) is 0 Å². The Morgan fingerprint density at radius 2 is 2.06 bits per heavy atom. The van der Waals surface area contributed by atoms with Crippen molar-refractivity contribution in [3.63, 3.8) is 0 Å². The summed E-state index contributed by atoms with van der Waals surface area (Å²) in [4.78, 5) is 15.8. The number of benzene rings is 1. The van der Waals surface area contributed by atoms with Gasteiger partial charge in [-0.3, -0.25) is 4.79 Å². The molecular weight excluding hydrogens is 212 g/mol. The zero-order valence-corrected chi connectivity index (χ0v) is 9.99. The van der Waals surface area contributed by atoms with E-state index >= 15 is 0 Å². The van der Waals surface area contributed by atoms with Crippen molar-refractivity contribution in [3.8, 4) is 0 Å². The number of carbonyl (C=O) groups excluding carboxylic acids is 1. The SMILES string of the molecule is CC1=NC(=O)c2cccc(C3CCNCC3)c21. The molecule has 0 spiro atoms. The van der Waals surface area contributed by atoms with E-state index in [0.717, 1.165) is 42.8 Å². The van der Waals surface area contributed by atoms with Crippen LogP contribution in [0.15, 0.2) is 23.2 Å². The largest absolute Gasteiger partial charge is 0.317 e. The number of nitrogens with one attached hydrogen (secondary N) is 1. The fourth-order valence-corrected chi connectivity index (χ4v) is 2.89. The molecule has 3 heteroatoms. The highest BCUT2D eigenvalue weighted by Crippen LogP contribution is 2.32. The second-order valence-electron chi connectivity index (χ2n) is 4.80. The molecule has 0 saturated carbocycles. The highest BCUT2D eigenvalue weighted by Gasteiger charge is 2.27. The van der Waals surface area contributed by atoms with Gasteiger partial charge in [0, 0.05) is 11.3 Å². The summed E-state index contributed by atoms with van der Waals surface area (Å²) < 4.78 is 0. The summed E-state index contributed by atoms with van der Waals surface area (Å²) in [6.45, 7) is 4.07. The highest BCUT2D eigenvalue weighted by atomic mass is 16.1. The predicted molar refractivity (Wildman–Crippen MR) is 67.8 cm³/mol. The highest BCUT2D eigenvalue weighted by molar-refractivity contribution is 6.21. The van der Waals surface area contributed by atoms with Gasteiger partial charge >= 0.3 is 0 Å². The van der Waals surface area contributed by atoms with Crippen molar-refractivity contribution >= 4 is 11.6 Å². The standard InChI is InChI=1S/C14H16N2O/c1-9-13-11(10-5-7-15-8-6-10)3-2-4-12(13)14(17)16-9/h2-4,10,15H,5-8H2,1H3. The molecule has 2 aliphatic heterocycles. The number of piperidine rings is 1. The number of amides is 1. The third kappa shape index (κ3) is 1.71. The van der Waals surface area contributed by atoms with Gasteiger partial charge in [0.15, 0.2) is 0 Å². The molecule has 1 saturated heterocycles. The van der Waals surface area contributed by atoms with Gasteiger partial charge in [0.2, 0.25) is 0 Å². The summed E-state index contributed by atoms with van der Waals surface area (Å²) in [5, 5.41) is 3.38. The molecule has 2 heterocycles. The fourth-order valence-electron chi connectivity index (χ4n) is 2.89. The summed E-state index contributed by atoms with van der Waals surface area (Å²) in [5.41, 5.74) is 4.10. The van der Waals surface area contributed by atoms with Gasteiger partial charge in [0.05, 0.1) is 5.56 Å². The zero-order valence-electron chi connectivity index (χ0n) is 9.99. The number of aliphatic imine (C=N–C) groups is 1. The first-order chi connectivity index (χ1) is 8.27. The van der Waals surface area contributed by atoms with E-state index in [2.05, 4.69) is 16.4 Å². The van der Waals surface area contributed by atoms with Crippen molar-refractivity contribution in [2.24, 2.45) is 4.99 Å². The molecule has 1 N–H and O–H groups in total. The molecule has 88 valence electrons. The molecule has 0 radical (unpaired) electrons. The summed E-state index contributed by atoms with van der Waals surface area (Å²) in [5.74, 6) is 0.496. The maximum atomic E-state index is 11.7. The number of hydrogen-bond donors (Lipinski definition) is 1. The van der Waals surface area contributed by atoms with Crippen LogP contribution in [0.4, 0.5) is 0 Å². The molecule has 0 unspecified atom stereocenters. The van der Waals surface area contributed by atoms with E-state index in [9.17, 15) is 4.79 Å². The van der Waals surface area contributed by atoms with Gasteiger partial charge in [-0.2, -0.15) is 0 Å². The molecule has 1 amide bonds. The lowest BCUT2D eigenvalue weighted by Gasteiger charge is -2.24. The third-order valence-electron chi connectivity index (χ3n) is 3.74. The molecular formula is C14H16N2O. The monoisotopic (exact) mass is 228 g/mol. The lowest BCUT2D eigenvalue weighted by atomic mass is 9.85. The molecule has 0 bridgehead atoms. The quantitative estimate of drug-likeness (QED) is 0.800. The van der Waals surface area contributed by atoms with Gasteiger partial charge in [0.25, 0.3) is 5.91 Å². The van der Waals surface area contributed by atoms with Crippen molar-refractivity contribution in [3.05, 3.63) is 34.9 Å². The minimum Gasteiger partial charge on any atom is -0.317 e. The molecule has 0 atom stereocenters. The minimum atomic E-state index is -0.0757. The van der Waals surface area contributed by atoms with Crippen molar-refractivity contribution in [2.45, 2.75) is 25.7 Å². The number of hydrogen-bond acceptors (Lipinski definition) is 2. The first kappa shape index (κ1) is 10.7. The van der Waals surface area contributed by atoms with E-state index in [4.69, 9.17) is 0 Å². The van der Waals surface area contributed by atoms with Crippen LogP contribution in [-0.4, -0.2) is 24.7 Å². The van der Waals surface area contributed by atoms with Gasteiger partial charge in [-0.15, -0.1) is 0 Å². The van der Waals surface area contributed by atoms with E-state index in [1.165, 1.54) is 5.56 Å². The van der Waals surface area contributed by atoms with Crippen LogP contribution in [0, 0.1) is 0 Å². The molecule has 0 aliphatic carbocycles. The van der Waals surface area contributed by atoms with E-state index in [0.29, 0.717) is 5.92 Å². The Balaban J connectivity index is 2.06. The Hall–Kier alpha value is -1.48. The summed E-state index contributed by atoms with van der Waals surface area (Å²) >= 11 is 0. The predicted octanol–water partition coefficient (Wildman–Crippen LogP) is 2.12. The molecule has 2 aliphatic rings. The summed E-state index contributed by atoms with van der Waals surface area (Å²) in [7, 11) is 0. The smallest absolute Gasteiger partial charge is 0.277 e. The first-order valence-electron chi connectivity index (χ1n) is 6.21. The van der Waals surface area contributed by atoms with Crippen LogP contribution in [0.1, 0.15) is 47.2 Å². The lowest BCUT2D eigenvalue weighted by molar-refractivity contribution is 0.101. The number of carbonyl (C=O) groups is 1. The van der Waals surface area contributed by atoms with E-state index < -0.39 is 0 Å². The molecule has 1 fully saturated rings. The molecule has 0 aromatic heterocycles. The topological polar surface area (TPSA) is 41.5 Å². The van der Waals surface area contributed by atoms with E-state index in [1.807, 2.05) is 19.1 Å². The Labute approximate surface area is 101 Å². The lowest BCUT2D eigenvalue weighted by Crippen LogP contribution is -2.27. The van der Waals surface area contributed by atoms with E-state index in [-0.39, 0.29) is 5.91 Å². The second kappa shape index (κ2) is 4.08. The third-order valence-corrected chi connectivity index (χ3v) is 3.74. The van der Waals surface area contributed by atoms with Crippen LogP contribution in [0.5, 0.6) is 0 Å². The summed E-state index contributed by atoms with van der Waals surface area (Å²) in [6, 6.07) is 6.04. The van der Waals surface area contributed by atoms with Crippen LogP contribution in [0.2, 0.25) is 0 Å². The Morgan fingerprint density at radius 1 is 1.29 bits per heavy atom. The van der Waals surface area contributed by atoms with Crippen molar-refractivity contribution in [2.75, 3.05) is 13.1 Å². The molecule has 3 nitrogen and oxygen atoms in total. The van der Waals surface area contributed by atoms with Gasteiger partial charge in [-0.1, -0.05) is 12.1 Å². The van der Waals surface area contributed by atoms with Gasteiger partial charge in [-0.05, 0) is 50.4 Å². The van der Waals surface area contributed by atoms with Crippen LogP contribution in [0.3, 0.4) is 0 Å². The van der Waals surface area contributed by atoms with Gasteiger partial charge < -0.3 is 5.32 Å². The minimum absolute atomic E-state index is 0.0757. The maximum Gasteiger partial charge on any atom is 0.277 e. The fraction of sp³-hybridized carbons (Fsp3) is 0.429. The maximum absolute atomic E-state index is 11.7. The number of nitrogens with zero attached hydrogens (tertiary/aromatic N) is 1. The molecule has 17 heavy (non-hydrogen) atoms. The van der Waals surface area contributed by atoms with Crippen molar-refractivity contribution < 1.29 is 4.79 Å². The zero-order chi connectivity index (χ0) is 11.8. The second-order valence-corrected chi connectivity index (χ2v) is 4.80. The van der Waals surface area contributed by atoms with Crippen LogP contribution < -0.4 is 5.32 Å². The Kier molecular flexibility index (Phi) is 2.56. The van der Waals surface area contributed by atoms with Gasteiger partial charge in [-0.25, -0.2) is 4.99 Å². The van der Waals surface area contributed by atoms with E-state index in [1.54, 1.807) is 0 Å². The molecule has 1 aromatic carbocycles. The van der Waals surface area contributed by atoms with Crippen molar-refractivity contribution in [1.29, 1.82) is 0 Å². The normalized spacial score (nSPS) is 20.3. The van der Waals surface area contributed by atoms with Gasteiger partial charge in [0.1, 0.15) is 0 Å². The molecule has 1 aromatic rings. The average molecular weight is 228 g/mol. The Morgan fingerprint density at radius 3 is 2.82 bits per heavy atom.